The summed E-state index contributed by atoms with van der Waals surface area (Å²) in [7, 11) is 0. The summed E-state index contributed by atoms with van der Waals surface area (Å²) in [6, 6.07) is 9.20. The average molecular weight is 203 g/mol. The van der Waals surface area contributed by atoms with Crippen molar-refractivity contribution in [1.29, 1.82) is 5.26 Å². The molecule has 0 spiro atoms. The van der Waals surface area contributed by atoms with Crippen LogP contribution in [-0.2, 0) is 4.74 Å². The lowest BCUT2D eigenvalue weighted by atomic mass is 10.2. The van der Waals surface area contributed by atoms with Gasteiger partial charge in [0.15, 0.2) is 0 Å². The van der Waals surface area contributed by atoms with Crippen molar-refractivity contribution in [3.05, 3.63) is 42.5 Å². The van der Waals surface area contributed by atoms with Crippen molar-refractivity contribution in [3.8, 4) is 11.8 Å². The van der Waals surface area contributed by atoms with Crippen LogP contribution < -0.4 is 4.74 Å². The fourth-order valence-electron chi connectivity index (χ4n) is 1.06. The first-order valence-electron chi connectivity index (χ1n) is 4.69. The maximum Gasteiger partial charge on any atom is 0.137 e. The van der Waals surface area contributed by atoms with Gasteiger partial charge in [0.05, 0.1) is 18.8 Å². The summed E-state index contributed by atoms with van der Waals surface area (Å²) in [5, 5.41) is 8.78. The smallest absolute Gasteiger partial charge is 0.137 e. The second kappa shape index (κ2) is 6.63. The van der Waals surface area contributed by atoms with Crippen LogP contribution in [0.4, 0.5) is 0 Å². The average Bonchev–Trinajstić information content (AvgIpc) is 2.29. The van der Waals surface area contributed by atoms with E-state index in [9.17, 15) is 0 Å². The van der Waals surface area contributed by atoms with E-state index in [1.54, 1.807) is 24.3 Å². The molecule has 0 atom stereocenters. The van der Waals surface area contributed by atoms with Crippen molar-refractivity contribution in [1.82, 2.24) is 0 Å². The standard InChI is InChI=1S/C12H13NO2/c1-2-7-14-8-9-15-12-6-4-3-5-11(12)10-13/h2-6H,1,7-9H2. The molecule has 0 heterocycles. The number of hydrogen-bond donors (Lipinski definition) is 0. The number of ether oxygens (including phenoxy) is 2. The summed E-state index contributed by atoms with van der Waals surface area (Å²) >= 11 is 0. The summed E-state index contributed by atoms with van der Waals surface area (Å²) < 4.78 is 10.5. The number of benzene rings is 1. The van der Waals surface area contributed by atoms with Crippen LogP contribution in [0, 0.1) is 11.3 Å². The molecule has 0 aliphatic rings. The van der Waals surface area contributed by atoms with Crippen LogP contribution in [0.15, 0.2) is 36.9 Å². The first-order chi connectivity index (χ1) is 7.38. The number of rotatable bonds is 6. The third-order valence-corrected chi connectivity index (χ3v) is 1.73. The summed E-state index contributed by atoms with van der Waals surface area (Å²) in [6.45, 7) is 4.98. The van der Waals surface area contributed by atoms with Gasteiger partial charge in [0.25, 0.3) is 0 Å². The molecule has 1 aromatic rings. The van der Waals surface area contributed by atoms with Gasteiger partial charge in [0.2, 0.25) is 0 Å². The van der Waals surface area contributed by atoms with Crippen LogP contribution in [0.2, 0.25) is 0 Å². The zero-order valence-electron chi connectivity index (χ0n) is 8.48. The van der Waals surface area contributed by atoms with E-state index in [0.717, 1.165) is 0 Å². The van der Waals surface area contributed by atoms with Crippen LogP contribution >= 0.6 is 0 Å². The van der Waals surface area contributed by atoms with Crippen LogP contribution in [0.3, 0.4) is 0 Å². The van der Waals surface area contributed by atoms with Gasteiger partial charge in [0, 0.05) is 0 Å². The predicted octanol–water partition coefficient (Wildman–Crippen LogP) is 2.14. The van der Waals surface area contributed by atoms with E-state index in [1.165, 1.54) is 0 Å². The Morgan fingerprint density at radius 3 is 2.87 bits per heavy atom. The van der Waals surface area contributed by atoms with Crippen molar-refractivity contribution in [2.24, 2.45) is 0 Å². The van der Waals surface area contributed by atoms with Crippen LogP contribution in [-0.4, -0.2) is 19.8 Å². The lowest BCUT2D eigenvalue weighted by molar-refractivity contribution is 0.121. The van der Waals surface area contributed by atoms with Gasteiger partial charge in [-0.05, 0) is 12.1 Å². The van der Waals surface area contributed by atoms with E-state index in [-0.39, 0.29) is 0 Å². The molecule has 78 valence electrons. The number of nitriles is 1. The molecule has 0 aliphatic carbocycles. The van der Waals surface area contributed by atoms with Crippen LogP contribution in [0.25, 0.3) is 0 Å². The molecule has 3 heteroatoms. The molecular formula is C12H13NO2. The monoisotopic (exact) mass is 203 g/mol. The molecule has 0 unspecified atom stereocenters. The second-order valence-corrected chi connectivity index (χ2v) is 2.82. The van der Waals surface area contributed by atoms with E-state index >= 15 is 0 Å². The van der Waals surface area contributed by atoms with E-state index in [0.29, 0.717) is 31.1 Å². The molecule has 0 N–H and O–H groups in total. The highest BCUT2D eigenvalue weighted by Crippen LogP contribution is 2.15. The van der Waals surface area contributed by atoms with Gasteiger partial charge in [0.1, 0.15) is 18.4 Å². The predicted molar refractivity (Wildman–Crippen MR) is 57.7 cm³/mol. The maximum atomic E-state index is 8.78. The molecule has 0 saturated carbocycles. The first-order valence-corrected chi connectivity index (χ1v) is 4.69. The zero-order chi connectivity index (χ0) is 10.9. The minimum absolute atomic E-state index is 0.437. The molecule has 0 fully saturated rings. The molecule has 0 aliphatic heterocycles. The second-order valence-electron chi connectivity index (χ2n) is 2.82. The molecule has 0 bridgehead atoms. The lowest BCUT2D eigenvalue weighted by Gasteiger charge is -2.06. The highest BCUT2D eigenvalue weighted by molar-refractivity contribution is 5.42. The van der Waals surface area contributed by atoms with Crippen molar-refractivity contribution in [2.75, 3.05) is 19.8 Å². The largest absolute Gasteiger partial charge is 0.490 e. The third kappa shape index (κ3) is 3.84. The summed E-state index contributed by atoms with van der Waals surface area (Å²) in [5.74, 6) is 0.599. The summed E-state index contributed by atoms with van der Waals surface area (Å²) in [6.07, 6.45) is 1.68. The van der Waals surface area contributed by atoms with E-state index in [4.69, 9.17) is 14.7 Å². The SMILES string of the molecule is C=CCOCCOc1ccccc1C#N. The third-order valence-electron chi connectivity index (χ3n) is 1.73. The highest BCUT2D eigenvalue weighted by Gasteiger charge is 2.00. The molecule has 1 rings (SSSR count). The molecule has 15 heavy (non-hydrogen) atoms. The van der Waals surface area contributed by atoms with E-state index in [1.807, 2.05) is 6.07 Å². The quantitative estimate of drug-likeness (QED) is 0.525. The lowest BCUT2D eigenvalue weighted by Crippen LogP contribution is -2.07. The topological polar surface area (TPSA) is 42.2 Å². The van der Waals surface area contributed by atoms with Crippen molar-refractivity contribution in [3.63, 3.8) is 0 Å². The Hall–Kier alpha value is -1.79. The number of hydrogen-bond acceptors (Lipinski definition) is 3. The van der Waals surface area contributed by atoms with Crippen LogP contribution in [0.1, 0.15) is 5.56 Å². The molecule has 0 amide bonds. The number of para-hydroxylation sites is 1. The Balaban J connectivity index is 2.37. The Labute approximate surface area is 89.6 Å². The Bertz CT molecular complexity index is 355. The van der Waals surface area contributed by atoms with Crippen molar-refractivity contribution < 1.29 is 9.47 Å². The zero-order valence-corrected chi connectivity index (χ0v) is 8.48. The highest BCUT2D eigenvalue weighted by atomic mass is 16.5. The first kappa shape index (κ1) is 11.3. The Morgan fingerprint density at radius 2 is 2.13 bits per heavy atom. The van der Waals surface area contributed by atoms with Gasteiger partial charge in [-0.25, -0.2) is 0 Å². The van der Waals surface area contributed by atoms with E-state index in [2.05, 4.69) is 12.6 Å². The molecule has 0 aromatic heterocycles. The van der Waals surface area contributed by atoms with E-state index < -0.39 is 0 Å². The Kier molecular flexibility index (Phi) is 4.99. The molecule has 3 nitrogen and oxygen atoms in total. The van der Waals surface area contributed by atoms with Gasteiger partial charge < -0.3 is 9.47 Å². The summed E-state index contributed by atoms with van der Waals surface area (Å²) in [4.78, 5) is 0. The molecule has 0 saturated heterocycles. The number of nitrogens with zero attached hydrogens (tertiary/aromatic N) is 1. The van der Waals surface area contributed by atoms with Gasteiger partial charge in [-0.2, -0.15) is 5.26 Å². The van der Waals surface area contributed by atoms with Crippen LogP contribution in [0.5, 0.6) is 5.75 Å². The van der Waals surface area contributed by atoms with Gasteiger partial charge in [-0.15, -0.1) is 6.58 Å². The normalized spacial score (nSPS) is 9.27. The Morgan fingerprint density at radius 1 is 1.33 bits per heavy atom. The van der Waals surface area contributed by atoms with Gasteiger partial charge in [-0.1, -0.05) is 18.2 Å². The minimum atomic E-state index is 0.437. The molecule has 1 aromatic carbocycles. The summed E-state index contributed by atoms with van der Waals surface area (Å²) in [5.41, 5.74) is 0.543. The maximum absolute atomic E-state index is 8.78. The van der Waals surface area contributed by atoms with Crippen molar-refractivity contribution in [2.45, 2.75) is 0 Å². The van der Waals surface area contributed by atoms with Gasteiger partial charge >= 0.3 is 0 Å². The fourth-order valence-corrected chi connectivity index (χ4v) is 1.06. The minimum Gasteiger partial charge on any atom is -0.490 e. The van der Waals surface area contributed by atoms with Gasteiger partial charge in [-0.3, -0.25) is 0 Å². The molecule has 0 radical (unpaired) electrons. The molecular weight excluding hydrogens is 190 g/mol. The van der Waals surface area contributed by atoms with Crippen molar-refractivity contribution >= 4 is 0 Å². The fraction of sp³-hybridized carbons (Fsp3) is 0.250.